The third-order valence-electron chi connectivity index (χ3n) is 3.52. The lowest BCUT2D eigenvalue weighted by Crippen LogP contribution is -2.02. The molecule has 0 aromatic heterocycles. The molecule has 0 aliphatic heterocycles. The number of benzene rings is 3. The van der Waals surface area contributed by atoms with Gasteiger partial charge in [-0.15, -0.1) is 0 Å². The van der Waals surface area contributed by atoms with Crippen LogP contribution in [0, 0.1) is 0 Å². The van der Waals surface area contributed by atoms with E-state index in [0.29, 0.717) is 5.75 Å². The molecule has 104 valence electrons. The summed E-state index contributed by atoms with van der Waals surface area (Å²) >= 11 is 0. The van der Waals surface area contributed by atoms with Crippen molar-refractivity contribution in [3.63, 3.8) is 0 Å². The molecule has 0 radical (unpaired) electrons. The highest BCUT2D eigenvalue weighted by atomic mass is 16.5. The first kappa shape index (κ1) is 13.2. The minimum absolute atomic E-state index is 0.247. The maximum absolute atomic E-state index is 11.7. The molecule has 21 heavy (non-hydrogen) atoms. The molecule has 0 atom stereocenters. The van der Waals surface area contributed by atoms with Crippen molar-refractivity contribution >= 4 is 16.7 Å². The lowest BCUT2D eigenvalue weighted by molar-refractivity contribution is 0.0697. The molecule has 0 unspecified atom stereocenters. The first-order chi connectivity index (χ1) is 10.2. The summed E-state index contributed by atoms with van der Waals surface area (Å²) in [5.41, 5.74) is 1.85. The Morgan fingerprint density at radius 2 is 1.57 bits per heavy atom. The Balaban J connectivity index is 2.46. The second-order valence-electron chi connectivity index (χ2n) is 4.72. The average Bonchev–Trinajstić information content (AvgIpc) is 2.54. The summed E-state index contributed by atoms with van der Waals surface area (Å²) in [5, 5.41) is 11.3. The van der Waals surface area contributed by atoms with Crippen LogP contribution in [0.25, 0.3) is 21.9 Å². The van der Waals surface area contributed by atoms with Gasteiger partial charge in [-0.05, 0) is 17.0 Å². The minimum atomic E-state index is -0.960. The number of carbonyl (C=O) groups is 1. The summed E-state index contributed by atoms with van der Waals surface area (Å²) in [5.74, 6) is -0.388. The summed E-state index contributed by atoms with van der Waals surface area (Å²) in [4.78, 5) is 11.7. The van der Waals surface area contributed by atoms with Crippen LogP contribution < -0.4 is 4.74 Å². The van der Waals surface area contributed by atoms with Crippen LogP contribution >= 0.6 is 0 Å². The Morgan fingerprint density at radius 1 is 0.952 bits per heavy atom. The van der Waals surface area contributed by atoms with Crippen LogP contribution in [0.15, 0.2) is 60.7 Å². The van der Waals surface area contributed by atoms with E-state index in [9.17, 15) is 9.90 Å². The third kappa shape index (κ3) is 2.23. The molecule has 0 bridgehead atoms. The van der Waals surface area contributed by atoms with Crippen LogP contribution in [0.4, 0.5) is 0 Å². The molecule has 0 fully saturated rings. The smallest absolute Gasteiger partial charge is 0.336 e. The Hall–Kier alpha value is -2.81. The van der Waals surface area contributed by atoms with Gasteiger partial charge in [-0.3, -0.25) is 0 Å². The highest BCUT2D eigenvalue weighted by Gasteiger charge is 2.18. The van der Waals surface area contributed by atoms with E-state index in [2.05, 4.69) is 0 Å². The predicted octanol–water partition coefficient (Wildman–Crippen LogP) is 4.21. The summed E-state index contributed by atoms with van der Waals surface area (Å²) in [6.45, 7) is 0. The zero-order valence-electron chi connectivity index (χ0n) is 11.5. The van der Waals surface area contributed by atoms with E-state index < -0.39 is 5.97 Å². The van der Waals surface area contributed by atoms with E-state index >= 15 is 0 Å². The fourth-order valence-electron chi connectivity index (χ4n) is 2.60. The van der Waals surface area contributed by atoms with Gasteiger partial charge < -0.3 is 9.84 Å². The lowest BCUT2D eigenvalue weighted by atomic mass is 9.92. The summed E-state index contributed by atoms with van der Waals surface area (Å²) in [6, 6.07) is 18.8. The molecule has 3 aromatic carbocycles. The van der Waals surface area contributed by atoms with Gasteiger partial charge in [0, 0.05) is 10.9 Å². The van der Waals surface area contributed by atoms with E-state index in [1.165, 1.54) is 0 Å². The molecule has 3 rings (SSSR count). The molecular formula is C18H14O3. The van der Waals surface area contributed by atoms with E-state index in [-0.39, 0.29) is 5.56 Å². The highest BCUT2D eigenvalue weighted by molar-refractivity contribution is 6.09. The maximum atomic E-state index is 11.7. The van der Waals surface area contributed by atoms with Gasteiger partial charge in [0.05, 0.1) is 12.7 Å². The van der Waals surface area contributed by atoms with Crippen LogP contribution in [0.2, 0.25) is 0 Å². The summed E-state index contributed by atoms with van der Waals surface area (Å²) < 4.78 is 5.35. The highest BCUT2D eigenvalue weighted by Crippen LogP contribution is 2.37. The number of fused-ring (bicyclic) bond motifs is 1. The molecule has 1 N–H and O–H groups in total. The van der Waals surface area contributed by atoms with Crippen molar-refractivity contribution in [3.05, 3.63) is 66.2 Å². The van der Waals surface area contributed by atoms with Crippen molar-refractivity contribution in [1.29, 1.82) is 0 Å². The van der Waals surface area contributed by atoms with E-state index in [1.807, 2.05) is 54.6 Å². The van der Waals surface area contributed by atoms with Crippen LogP contribution in [0.1, 0.15) is 10.4 Å². The molecule has 0 saturated heterocycles. The van der Waals surface area contributed by atoms with Crippen LogP contribution in [-0.2, 0) is 0 Å². The zero-order valence-corrected chi connectivity index (χ0v) is 11.5. The lowest BCUT2D eigenvalue weighted by Gasteiger charge is -2.14. The molecule has 0 spiro atoms. The van der Waals surface area contributed by atoms with Gasteiger partial charge in [-0.2, -0.15) is 0 Å². The van der Waals surface area contributed by atoms with Gasteiger partial charge in [-0.25, -0.2) is 4.79 Å². The van der Waals surface area contributed by atoms with Crippen molar-refractivity contribution in [1.82, 2.24) is 0 Å². The van der Waals surface area contributed by atoms with Gasteiger partial charge in [0.1, 0.15) is 5.75 Å². The molecule has 0 saturated carbocycles. The van der Waals surface area contributed by atoms with Crippen LogP contribution in [0.3, 0.4) is 0 Å². The molecule has 0 amide bonds. The first-order valence-electron chi connectivity index (χ1n) is 6.61. The number of ether oxygens (including phenoxy) is 1. The Kier molecular flexibility index (Phi) is 3.32. The van der Waals surface area contributed by atoms with Gasteiger partial charge >= 0.3 is 5.97 Å². The molecule has 3 heteroatoms. The van der Waals surface area contributed by atoms with Crippen LogP contribution in [-0.4, -0.2) is 18.2 Å². The monoisotopic (exact) mass is 278 g/mol. The fourth-order valence-corrected chi connectivity index (χ4v) is 2.60. The second kappa shape index (κ2) is 5.29. The third-order valence-corrected chi connectivity index (χ3v) is 3.52. The van der Waals surface area contributed by atoms with Crippen molar-refractivity contribution < 1.29 is 14.6 Å². The maximum Gasteiger partial charge on any atom is 0.336 e. The molecule has 3 aromatic rings. The first-order valence-corrected chi connectivity index (χ1v) is 6.61. The van der Waals surface area contributed by atoms with Crippen molar-refractivity contribution in [2.75, 3.05) is 7.11 Å². The largest absolute Gasteiger partial charge is 0.496 e. The van der Waals surface area contributed by atoms with Gasteiger partial charge in [0.25, 0.3) is 0 Å². The molecule has 0 heterocycles. The number of rotatable bonds is 3. The number of hydrogen-bond donors (Lipinski definition) is 1. The second-order valence-corrected chi connectivity index (χ2v) is 4.72. The van der Waals surface area contributed by atoms with E-state index in [4.69, 9.17) is 4.74 Å². The topological polar surface area (TPSA) is 46.5 Å². The molecule has 0 aliphatic rings. The standard InChI is InChI=1S/C18H14O3/c1-21-16-11-15(18(19)20)17(12-7-3-2-4-8-12)14-10-6-5-9-13(14)16/h2-11H,1H3,(H,19,20). The van der Waals surface area contributed by atoms with Crippen LogP contribution in [0.5, 0.6) is 5.75 Å². The van der Waals surface area contributed by atoms with Gasteiger partial charge in [-0.1, -0.05) is 54.6 Å². The number of carboxylic acids is 1. The molecule has 3 nitrogen and oxygen atoms in total. The van der Waals surface area contributed by atoms with Crippen molar-refractivity contribution in [2.24, 2.45) is 0 Å². The number of aromatic carboxylic acids is 1. The molecular weight excluding hydrogens is 264 g/mol. The van der Waals surface area contributed by atoms with Gasteiger partial charge in [0.2, 0.25) is 0 Å². The molecule has 0 aliphatic carbocycles. The van der Waals surface area contributed by atoms with Crippen molar-refractivity contribution in [3.8, 4) is 16.9 Å². The SMILES string of the molecule is COc1cc(C(=O)O)c(-c2ccccc2)c2ccccc12. The fraction of sp³-hybridized carbons (Fsp3) is 0.0556. The average molecular weight is 278 g/mol. The van der Waals surface area contributed by atoms with E-state index in [1.54, 1.807) is 13.2 Å². The Morgan fingerprint density at radius 3 is 2.19 bits per heavy atom. The zero-order chi connectivity index (χ0) is 14.8. The quantitative estimate of drug-likeness (QED) is 0.780. The number of methoxy groups -OCH3 is 1. The number of carboxylic acid groups (broad SMARTS) is 1. The normalized spacial score (nSPS) is 10.5. The van der Waals surface area contributed by atoms with Crippen molar-refractivity contribution in [2.45, 2.75) is 0 Å². The Labute approximate surface area is 122 Å². The predicted molar refractivity (Wildman–Crippen MR) is 82.9 cm³/mol. The Bertz CT molecular complexity index is 807. The summed E-state index contributed by atoms with van der Waals surface area (Å²) in [6.07, 6.45) is 0. The van der Waals surface area contributed by atoms with E-state index in [0.717, 1.165) is 21.9 Å². The number of hydrogen-bond acceptors (Lipinski definition) is 2. The summed E-state index contributed by atoms with van der Waals surface area (Å²) in [7, 11) is 1.55. The van der Waals surface area contributed by atoms with Gasteiger partial charge in [0.15, 0.2) is 0 Å². The minimum Gasteiger partial charge on any atom is -0.496 e.